The van der Waals surface area contributed by atoms with Gasteiger partial charge in [0, 0.05) is 36.7 Å². The number of piperazine rings is 1. The lowest BCUT2D eigenvalue weighted by molar-refractivity contribution is 0.127. The molecule has 2 saturated heterocycles. The van der Waals surface area contributed by atoms with Crippen molar-refractivity contribution in [2.75, 3.05) is 26.2 Å². The summed E-state index contributed by atoms with van der Waals surface area (Å²) in [4.78, 5) is 20.0. The molecule has 2 unspecified atom stereocenters. The summed E-state index contributed by atoms with van der Waals surface area (Å²) < 4.78 is 12.8. The van der Waals surface area contributed by atoms with Gasteiger partial charge in [0.2, 0.25) is 0 Å². The first kappa shape index (κ1) is 19.4. The number of hydrogen-bond acceptors (Lipinski definition) is 6. The summed E-state index contributed by atoms with van der Waals surface area (Å²) in [6.45, 7) is 3.03. The number of carbonyl (C=O) groups excluding carboxylic acids is 1. The number of ether oxygens (including phenoxy) is 2. The Bertz CT molecular complexity index is 1070. The lowest BCUT2D eigenvalue weighted by atomic mass is 10.2. The Balaban J connectivity index is 1.12. The number of amides is 2. The number of halogens is 1. The van der Waals surface area contributed by atoms with E-state index in [-0.39, 0.29) is 12.1 Å². The number of nitrogens with two attached hydrogens (primary N) is 1. The third kappa shape index (κ3) is 3.90. The molecule has 1 aromatic heterocycles. The summed E-state index contributed by atoms with van der Waals surface area (Å²) in [5.74, 6) is 1.50. The van der Waals surface area contributed by atoms with Crippen molar-refractivity contribution in [2.24, 2.45) is 5.73 Å². The van der Waals surface area contributed by atoms with E-state index in [0.29, 0.717) is 28.6 Å². The van der Waals surface area contributed by atoms with E-state index < -0.39 is 0 Å². The molecule has 0 radical (unpaired) electrons. The minimum Gasteiger partial charge on any atom is -0.492 e. The molecular weight excluding hydrogens is 424 g/mol. The van der Waals surface area contributed by atoms with Gasteiger partial charge in [-0.15, -0.1) is 0 Å². The Morgan fingerprint density at radius 2 is 1.97 bits per heavy atom. The third-order valence-corrected chi connectivity index (χ3v) is 6.79. The summed E-state index contributed by atoms with van der Waals surface area (Å²) in [7, 11) is 0. The minimum absolute atomic E-state index is 0.252. The minimum atomic E-state index is -0.310. The van der Waals surface area contributed by atoms with Crippen molar-refractivity contribution in [3.63, 3.8) is 0 Å². The van der Waals surface area contributed by atoms with Crippen LogP contribution in [0.1, 0.15) is 6.42 Å². The number of nitrogens with zero attached hydrogens (tertiary/aromatic N) is 3. The van der Waals surface area contributed by atoms with Gasteiger partial charge in [-0.1, -0.05) is 22.9 Å². The fourth-order valence-corrected chi connectivity index (χ4v) is 5.18. The smallest absolute Gasteiger partial charge is 0.315 e. The Labute approximate surface area is 182 Å². The monoisotopic (exact) mass is 444 g/mol. The number of rotatable bonds is 6. The zero-order valence-electron chi connectivity index (χ0n) is 16.2. The summed E-state index contributed by atoms with van der Waals surface area (Å²) >= 11 is 7.49. The van der Waals surface area contributed by atoms with Gasteiger partial charge < -0.3 is 20.1 Å². The first-order valence-corrected chi connectivity index (χ1v) is 11.0. The lowest BCUT2D eigenvalue weighted by Gasteiger charge is -2.33. The van der Waals surface area contributed by atoms with Gasteiger partial charge in [-0.05, 0) is 48.9 Å². The van der Waals surface area contributed by atoms with Crippen LogP contribution >= 0.6 is 22.9 Å². The third-order valence-electron chi connectivity index (χ3n) is 5.64. The van der Waals surface area contributed by atoms with E-state index in [2.05, 4.69) is 9.88 Å². The quantitative estimate of drug-likeness (QED) is 0.622. The topological polar surface area (TPSA) is 80.9 Å². The predicted octanol–water partition coefficient (Wildman–Crippen LogP) is 3.96. The van der Waals surface area contributed by atoms with Crippen LogP contribution in [-0.4, -0.2) is 59.1 Å². The maximum atomic E-state index is 11.4. The van der Waals surface area contributed by atoms with Gasteiger partial charge in [0.15, 0.2) is 0 Å². The predicted molar refractivity (Wildman–Crippen MR) is 117 cm³/mol. The van der Waals surface area contributed by atoms with Crippen molar-refractivity contribution in [1.82, 2.24) is 14.8 Å². The number of primary amides is 1. The molecule has 2 aliphatic rings. The van der Waals surface area contributed by atoms with Gasteiger partial charge in [-0.2, -0.15) is 0 Å². The summed E-state index contributed by atoms with van der Waals surface area (Å²) in [6, 6.07) is 13.5. The molecule has 2 N–H and O–H groups in total. The summed E-state index contributed by atoms with van der Waals surface area (Å²) in [6.07, 6.45) is 1.01. The molecule has 2 aromatic carbocycles. The van der Waals surface area contributed by atoms with Gasteiger partial charge in [0.1, 0.15) is 18.1 Å². The van der Waals surface area contributed by atoms with Crippen LogP contribution in [0.15, 0.2) is 42.5 Å². The van der Waals surface area contributed by atoms with Crippen LogP contribution in [0.25, 0.3) is 10.2 Å². The molecular formula is C21H21ClN4O3S. The van der Waals surface area contributed by atoms with Crippen molar-refractivity contribution in [1.29, 1.82) is 0 Å². The van der Waals surface area contributed by atoms with Crippen LogP contribution in [0.4, 0.5) is 4.79 Å². The van der Waals surface area contributed by atoms with Crippen LogP contribution in [0.3, 0.4) is 0 Å². The molecule has 2 atom stereocenters. The van der Waals surface area contributed by atoms with Crippen molar-refractivity contribution in [3.05, 3.63) is 47.5 Å². The molecule has 2 aliphatic heterocycles. The first-order chi connectivity index (χ1) is 14.5. The zero-order chi connectivity index (χ0) is 20.7. The summed E-state index contributed by atoms with van der Waals surface area (Å²) in [5.41, 5.74) is 6.25. The van der Waals surface area contributed by atoms with Crippen LogP contribution in [-0.2, 0) is 0 Å². The first-order valence-electron chi connectivity index (χ1n) is 9.82. The van der Waals surface area contributed by atoms with Gasteiger partial charge in [0.25, 0.3) is 5.19 Å². The van der Waals surface area contributed by atoms with E-state index in [1.807, 2.05) is 42.5 Å². The van der Waals surface area contributed by atoms with Gasteiger partial charge >= 0.3 is 6.03 Å². The standard InChI is InChI=1S/C21H21ClN4O3S/c22-13-1-6-19-18(9-13)24-21(30-19)29-17-4-2-16(3-5-17)28-8-7-25-11-15-10-14(25)12-26(15)20(23)27/h1-6,9,14-15H,7-8,10-12H2,(H2,23,27). The number of carbonyl (C=O) groups is 1. The van der Waals surface area contributed by atoms with E-state index in [4.69, 9.17) is 26.8 Å². The van der Waals surface area contributed by atoms with E-state index in [0.717, 1.165) is 42.0 Å². The lowest BCUT2D eigenvalue weighted by Crippen LogP contribution is -2.51. The molecule has 7 nitrogen and oxygen atoms in total. The van der Waals surface area contributed by atoms with Crippen LogP contribution < -0.4 is 15.2 Å². The molecule has 0 saturated carbocycles. The molecule has 0 spiro atoms. The Hall–Kier alpha value is -2.55. The SMILES string of the molecule is NC(=O)N1CC2CC1CN2CCOc1ccc(Oc2nc3cc(Cl)ccc3s2)cc1. The van der Waals surface area contributed by atoms with Crippen molar-refractivity contribution < 1.29 is 14.3 Å². The summed E-state index contributed by atoms with van der Waals surface area (Å²) in [5, 5.41) is 1.24. The second kappa shape index (κ2) is 7.94. The second-order valence-corrected chi connectivity index (χ2v) is 8.97. The van der Waals surface area contributed by atoms with Gasteiger partial charge in [-0.3, -0.25) is 4.90 Å². The molecule has 2 bridgehead atoms. The molecule has 0 aliphatic carbocycles. The highest BCUT2D eigenvalue weighted by Crippen LogP contribution is 2.33. The number of aromatic nitrogens is 1. The number of thiazole rings is 1. The molecule has 9 heteroatoms. The molecule has 2 amide bonds. The number of benzene rings is 2. The number of urea groups is 1. The molecule has 156 valence electrons. The highest BCUT2D eigenvalue weighted by molar-refractivity contribution is 7.20. The maximum absolute atomic E-state index is 11.4. The highest BCUT2D eigenvalue weighted by atomic mass is 35.5. The van der Waals surface area contributed by atoms with E-state index in [1.165, 1.54) is 11.3 Å². The Morgan fingerprint density at radius 1 is 1.17 bits per heavy atom. The Morgan fingerprint density at radius 3 is 2.70 bits per heavy atom. The van der Waals surface area contributed by atoms with Crippen molar-refractivity contribution >= 4 is 39.2 Å². The van der Waals surface area contributed by atoms with E-state index in [1.54, 1.807) is 4.90 Å². The largest absolute Gasteiger partial charge is 0.492 e. The van der Waals surface area contributed by atoms with Crippen molar-refractivity contribution in [2.45, 2.75) is 18.5 Å². The second-order valence-electron chi connectivity index (χ2n) is 7.54. The fraction of sp³-hybridized carbons (Fsp3) is 0.333. The van der Waals surface area contributed by atoms with E-state index >= 15 is 0 Å². The van der Waals surface area contributed by atoms with Crippen LogP contribution in [0.2, 0.25) is 5.02 Å². The number of likely N-dealkylation sites (tertiary alicyclic amines) is 2. The number of hydrogen-bond donors (Lipinski definition) is 1. The average Bonchev–Trinajstić information content (AvgIpc) is 3.42. The molecule has 5 rings (SSSR count). The number of fused-ring (bicyclic) bond motifs is 3. The maximum Gasteiger partial charge on any atom is 0.315 e. The fourth-order valence-electron chi connectivity index (χ4n) is 4.20. The van der Waals surface area contributed by atoms with Gasteiger partial charge in [0.05, 0.1) is 10.2 Å². The average molecular weight is 445 g/mol. The zero-order valence-corrected chi connectivity index (χ0v) is 17.7. The van der Waals surface area contributed by atoms with Crippen LogP contribution in [0, 0.1) is 0 Å². The molecule has 2 fully saturated rings. The van der Waals surface area contributed by atoms with E-state index in [9.17, 15) is 4.79 Å². The Kier molecular flexibility index (Phi) is 5.14. The normalized spacial score (nSPS) is 20.8. The molecule has 3 heterocycles. The van der Waals surface area contributed by atoms with Gasteiger partial charge in [-0.25, -0.2) is 9.78 Å². The molecule has 30 heavy (non-hydrogen) atoms. The van der Waals surface area contributed by atoms with Crippen molar-refractivity contribution in [3.8, 4) is 16.7 Å². The molecule has 3 aromatic rings. The van der Waals surface area contributed by atoms with Crippen LogP contribution in [0.5, 0.6) is 16.7 Å². The highest BCUT2D eigenvalue weighted by Gasteiger charge is 2.44.